The minimum atomic E-state index is 0.345. The molecule has 0 bridgehead atoms. The molecule has 1 heteroatoms. The van der Waals surface area contributed by atoms with Gasteiger partial charge in [-0.2, -0.15) is 0 Å². The van der Waals surface area contributed by atoms with Crippen LogP contribution >= 0.6 is 0 Å². The first kappa shape index (κ1) is 10.5. The molecule has 15 heavy (non-hydrogen) atoms. The summed E-state index contributed by atoms with van der Waals surface area (Å²) < 4.78 is 5.78. The summed E-state index contributed by atoms with van der Waals surface area (Å²) in [7, 11) is 0. The fourth-order valence-electron chi connectivity index (χ4n) is 1.72. The van der Waals surface area contributed by atoms with E-state index in [2.05, 4.69) is 45.0 Å². The molecule has 0 radical (unpaired) electrons. The van der Waals surface area contributed by atoms with Crippen molar-refractivity contribution in [3.63, 3.8) is 0 Å². The average molecular weight is 204 g/mol. The molecule has 0 aliphatic heterocycles. The van der Waals surface area contributed by atoms with Crippen molar-refractivity contribution in [3.05, 3.63) is 29.8 Å². The summed E-state index contributed by atoms with van der Waals surface area (Å²) in [5.74, 6) is 1.04. The predicted octanol–water partition coefficient (Wildman–Crippen LogP) is 3.82. The summed E-state index contributed by atoms with van der Waals surface area (Å²) in [6, 6.07) is 8.53. The Morgan fingerprint density at radius 3 is 2.60 bits per heavy atom. The second-order valence-corrected chi connectivity index (χ2v) is 5.70. The van der Waals surface area contributed by atoms with Crippen molar-refractivity contribution in [2.24, 2.45) is 5.41 Å². The number of hydrogen-bond acceptors (Lipinski definition) is 1. The van der Waals surface area contributed by atoms with Crippen LogP contribution in [0.1, 0.15) is 39.2 Å². The van der Waals surface area contributed by atoms with E-state index in [0.717, 1.165) is 12.2 Å². The Labute approximate surface area is 92.5 Å². The molecule has 1 aliphatic rings. The Kier molecular flexibility index (Phi) is 2.72. The van der Waals surface area contributed by atoms with Gasteiger partial charge in [0.15, 0.2) is 0 Å². The molecule has 82 valence electrons. The third kappa shape index (κ3) is 3.58. The molecule has 1 saturated carbocycles. The molecule has 1 aromatic rings. The third-order valence-electron chi connectivity index (χ3n) is 2.46. The highest BCUT2D eigenvalue weighted by molar-refractivity contribution is 5.29. The van der Waals surface area contributed by atoms with Gasteiger partial charge in [-0.15, -0.1) is 0 Å². The van der Waals surface area contributed by atoms with Crippen LogP contribution in [0, 0.1) is 5.41 Å². The van der Waals surface area contributed by atoms with Gasteiger partial charge in [0.1, 0.15) is 5.75 Å². The van der Waals surface area contributed by atoms with E-state index < -0.39 is 0 Å². The standard InChI is InChI=1S/C14H20O/c1-14(2,3)10-11-5-4-6-13(9-11)15-12-7-8-12/h4-6,9,12H,7-8,10H2,1-3H3. The second kappa shape index (κ2) is 3.88. The van der Waals surface area contributed by atoms with Crippen LogP contribution in [-0.4, -0.2) is 6.10 Å². The van der Waals surface area contributed by atoms with Crippen molar-refractivity contribution in [1.29, 1.82) is 0 Å². The van der Waals surface area contributed by atoms with E-state index in [4.69, 9.17) is 4.74 Å². The van der Waals surface area contributed by atoms with Crippen LogP contribution in [0.3, 0.4) is 0 Å². The highest BCUT2D eigenvalue weighted by Crippen LogP contribution is 2.28. The summed E-state index contributed by atoms with van der Waals surface area (Å²) in [6.07, 6.45) is 4.05. The fourth-order valence-corrected chi connectivity index (χ4v) is 1.72. The van der Waals surface area contributed by atoms with Gasteiger partial charge in [0.25, 0.3) is 0 Å². The Morgan fingerprint density at radius 2 is 2.00 bits per heavy atom. The number of hydrogen-bond donors (Lipinski definition) is 0. The molecular weight excluding hydrogens is 184 g/mol. The molecule has 1 nitrogen and oxygen atoms in total. The summed E-state index contributed by atoms with van der Waals surface area (Å²) in [5.41, 5.74) is 1.72. The number of rotatable bonds is 3. The third-order valence-corrected chi connectivity index (χ3v) is 2.46. The van der Waals surface area contributed by atoms with Crippen molar-refractivity contribution in [2.45, 2.75) is 46.1 Å². The lowest BCUT2D eigenvalue weighted by molar-refractivity contribution is 0.302. The summed E-state index contributed by atoms with van der Waals surface area (Å²) in [5, 5.41) is 0. The molecular formula is C14H20O. The van der Waals surface area contributed by atoms with Crippen molar-refractivity contribution in [3.8, 4) is 5.75 Å². The van der Waals surface area contributed by atoms with E-state index in [-0.39, 0.29) is 0 Å². The maximum absolute atomic E-state index is 5.78. The van der Waals surface area contributed by atoms with Crippen LogP contribution in [0.2, 0.25) is 0 Å². The van der Waals surface area contributed by atoms with Gasteiger partial charge >= 0.3 is 0 Å². The zero-order valence-corrected chi connectivity index (χ0v) is 9.92. The lowest BCUT2D eigenvalue weighted by Crippen LogP contribution is -2.09. The maximum Gasteiger partial charge on any atom is 0.119 e. The Morgan fingerprint density at radius 1 is 1.27 bits per heavy atom. The SMILES string of the molecule is CC(C)(C)Cc1cccc(OC2CC2)c1. The van der Waals surface area contributed by atoms with E-state index in [1.54, 1.807) is 0 Å². The van der Waals surface area contributed by atoms with Gasteiger partial charge < -0.3 is 4.74 Å². The second-order valence-electron chi connectivity index (χ2n) is 5.70. The molecule has 0 unspecified atom stereocenters. The number of ether oxygens (including phenoxy) is 1. The van der Waals surface area contributed by atoms with Gasteiger partial charge in [-0.3, -0.25) is 0 Å². The van der Waals surface area contributed by atoms with E-state index in [1.807, 2.05) is 0 Å². The van der Waals surface area contributed by atoms with E-state index >= 15 is 0 Å². The van der Waals surface area contributed by atoms with Crippen LogP contribution in [0.15, 0.2) is 24.3 Å². The molecule has 0 spiro atoms. The molecule has 0 heterocycles. The van der Waals surface area contributed by atoms with Gasteiger partial charge in [0.2, 0.25) is 0 Å². The van der Waals surface area contributed by atoms with Crippen molar-refractivity contribution >= 4 is 0 Å². The first-order chi connectivity index (χ1) is 7.03. The summed E-state index contributed by atoms with van der Waals surface area (Å²) >= 11 is 0. The zero-order valence-electron chi connectivity index (χ0n) is 9.92. The topological polar surface area (TPSA) is 9.23 Å². The lowest BCUT2D eigenvalue weighted by atomic mass is 9.88. The molecule has 0 aromatic heterocycles. The summed E-state index contributed by atoms with van der Waals surface area (Å²) in [4.78, 5) is 0. The van der Waals surface area contributed by atoms with Gasteiger partial charge in [-0.05, 0) is 42.4 Å². The highest BCUT2D eigenvalue weighted by atomic mass is 16.5. The van der Waals surface area contributed by atoms with E-state index in [1.165, 1.54) is 18.4 Å². The smallest absolute Gasteiger partial charge is 0.119 e. The zero-order chi connectivity index (χ0) is 10.9. The van der Waals surface area contributed by atoms with Gasteiger partial charge in [-0.1, -0.05) is 32.9 Å². The Balaban J connectivity index is 2.04. The first-order valence-electron chi connectivity index (χ1n) is 5.78. The Hall–Kier alpha value is -0.980. The molecule has 1 aromatic carbocycles. The molecule has 0 atom stereocenters. The largest absolute Gasteiger partial charge is 0.490 e. The van der Waals surface area contributed by atoms with E-state index in [0.29, 0.717) is 11.5 Å². The van der Waals surface area contributed by atoms with E-state index in [9.17, 15) is 0 Å². The minimum Gasteiger partial charge on any atom is -0.490 e. The monoisotopic (exact) mass is 204 g/mol. The molecule has 0 N–H and O–H groups in total. The average Bonchev–Trinajstić information content (AvgIpc) is 2.85. The van der Waals surface area contributed by atoms with Gasteiger partial charge in [-0.25, -0.2) is 0 Å². The molecule has 2 rings (SSSR count). The predicted molar refractivity (Wildman–Crippen MR) is 63.3 cm³/mol. The highest BCUT2D eigenvalue weighted by Gasteiger charge is 2.23. The normalized spacial score (nSPS) is 16.5. The number of benzene rings is 1. The molecule has 1 aliphatic carbocycles. The Bertz CT molecular complexity index is 331. The van der Waals surface area contributed by atoms with Crippen LogP contribution in [0.25, 0.3) is 0 Å². The fraction of sp³-hybridized carbons (Fsp3) is 0.571. The maximum atomic E-state index is 5.78. The van der Waals surface area contributed by atoms with Gasteiger partial charge in [0.05, 0.1) is 6.10 Å². The summed E-state index contributed by atoms with van der Waals surface area (Å²) in [6.45, 7) is 6.80. The van der Waals surface area contributed by atoms with Gasteiger partial charge in [0, 0.05) is 0 Å². The van der Waals surface area contributed by atoms with Crippen LogP contribution in [-0.2, 0) is 6.42 Å². The van der Waals surface area contributed by atoms with Crippen LogP contribution in [0.4, 0.5) is 0 Å². The van der Waals surface area contributed by atoms with Crippen molar-refractivity contribution < 1.29 is 4.74 Å². The minimum absolute atomic E-state index is 0.345. The quantitative estimate of drug-likeness (QED) is 0.727. The molecule has 0 saturated heterocycles. The lowest BCUT2D eigenvalue weighted by Gasteiger charge is -2.18. The molecule has 1 fully saturated rings. The van der Waals surface area contributed by atoms with Crippen molar-refractivity contribution in [1.82, 2.24) is 0 Å². The first-order valence-corrected chi connectivity index (χ1v) is 5.78. The van der Waals surface area contributed by atoms with Crippen LogP contribution < -0.4 is 4.74 Å². The van der Waals surface area contributed by atoms with Crippen molar-refractivity contribution in [2.75, 3.05) is 0 Å². The van der Waals surface area contributed by atoms with Crippen LogP contribution in [0.5, 0.6) is 5.75 Å². The molecule has 0 amide bonds.